The highest BCUT2D eigenvalue weighted by Gasteiger charge is 2.23. The normalized spacial score (nSPS) is 24.1. The maximum absolute atomic E-state index is 12.1. The first-order valence-corrected chi connectivity index (χ1v) is 9.16. The molecule has 0 aromatic heterocycles. The molecular formula is C18H23N3OS. The Morgan fingerprint density at radius 3 is 2.65 bits per heavy atom. The van der Waals surface area contributed by atoms with Crippen molar-refractivity contribution in [3.8, 4) is 0 Å². The largest absolute Gasteiger partial charge is 0.306 e. The summed E-state index contributed by atoms with van der Waals surface area (Å²) in [6, 6.07) is 6.19. The molecule has 0 saturated heterocycles. The van der Waals surface area contributed by atoms with Crippen molar-refractivity contribution in [2.75, 3.05) is 19.8 Å². The number of nitrogens with zero attached hydrogens (tertiary/aromatic N) is 3. The Kier molecular flexibility index (Phi) is 4.97. The molecule has 0 N–H and O–H groups in total. The second-order valence-corrected chi connectivity index (χ2v) is 7.75. The van der Waals surface area contributed by atoms with Gasteiger partial charge in [-0.05, 0) is 51.1 Å². The molecule has 1 aromatic rings. The van der Waals surface area contributed by atoms with Gasteiger partial charge in [0, 0.05) is 11.3 Å². The van der Waals surface area contributed by atoms with Gasteiger partial charge in [-0.1, -0.05) is 18.7 Å². The summed E-state index contributed by atoms with van der Waals surface area (Å²) in [5.74, 6) is 1.15. The van der Waals surface area contributed by atoms with Crippen LogP contribution < -0.4 is 10.6 Å². The molecule has 0 atom stereocenters. The van der Waals surface area contributed by atoms with E-state index in [1.54, 1.807) is 6.07 Å². The first kappa shape index (κ1) is 16.4. The van der Waals surface area contributed by atoms with Crippen LogP contribution in [0.4, 0.5) is 0 Å². The monoisotopic (exact) mass is 329 g/mol. The summed E-state index contributed by atoms with van der Waals surface area (Å²) < 4.78 is 0. The Morgan fingerprint density at radius 1 is 1.22 bits per heavy atom. The molecule has 0 radical (unpaired) electrons. The average Bonchev–Trinajstić information content (AvgIpc) is 2.54. The third-order valence-corrected chi connectivity index (χ3v) is 6.01. The molecule has 4 nitrogen and oxygen atoms in total. The minimum Gasteiger partial charge on any atom is -0.306 e. The lowest BCUT2D eigenvalue weighted by atomic mass is 9.94. The Labute approximate surface area is 141 Å². The zero-order chi connectivity index (χ0) is 16.4. The number of rotatable bonds is 4. The number of amidine groups is 1. The molecule has 1 aliphatic carbocycles. The lowest BCUT2D eigenvalue weighted by molar-refractivity contribution is 0.1000. The number of para-hydroxylation sites is 1. The Bertz CT molecular complexity index is 733. The van der Waals surface area contributed by atoms with E-state index >= 15 is 0 Å². The zero-order valence-corrected chi connectivity index (χ0v) is 14.6. The third-order valence-electron chi connectivity index (χ3n) is 4.64. The maximum Gasteiger partial charge on any atom is 0.280 e. The molecule has 1 heterocycles. The lowest BCUT2D eigenvalue weighted by Crippen LogP contribution is -2.35. The van der Waals surface area contributed by atoms with Crippen molar-refractivity contribution < 1.29 is 4.79 Å². The average molecular weight is 329 g/mol. The van der Waals surface area contributed by atoms with Gasteiger partial charge in [-0.2, -0.15) is 16.8 Å². The molecular weight excluding hydrogens is 306 g/mol. The van der Waals surface area contributed by atoms with Gasteiger partial charge in [0.2, 0.25) is 0 Å². The first-order valence-electron chi connectivity index (χ1n) is 8.11. The Balaban J connectivity index is 1.63. The fraction of sp³-hybridized carbons (Fsp3) is 0.500. The van der Waals surface area contributed by atoms with E-state index in [1.165, 1.54) is 25.7 Å². The molecule has 0 bridgehead atoms. The molecule has 122 valence electrons. The van der Waals surface area contributed by atoms with Crippen LogP contribution in [0.1, 0.15) is 36.0 Å². The van der Waals surface area contributed by atoms with Crippen LogP contribution in [0.25, 0.3) is 6.58 Å². The standard InChI is InChI=1S/C18H23N3OS/c1-12-5-4-6-15-17(12)19-16(20-18(15)22)11-23-14-9-7-13(8-10-14)21(2)3/h4-6,13-14H,1,7-11H2,2-3H3. The quantitative estimate of drug-likeness (QED) is 0.847. The molecule has 1 saturated carbocycles. The van der Waals surface area contributed by atoms with Gasteiger partial charge in [0.15, 0.2) is 0 Å². The summed E-state index contributed by atoms with van der Waals surface area (Å²) in [7, 11) is 4.32. The number of hydrogen-bond acceptors (Lipinski definition) is 4. The molecule has 1 aliphatic heterocycles. The summed E-state index contributed by atoms with van der Waals surface area (Å²) in [6.07, 6.45) is 4.95. The fourth-order valence-corrected chi connectivity index (χ4v) is 4.33. The SMILES string of the molecule is C=c1cccc2c1=NC(CSC1CCC(N(C)C)CC1)=NC2=O. The third kappa shape index (κ3) is 3.72. The van der Waals surface area contributed by atoms with E-state index in [0.29, 0.717) is 33.8 Å². The number of aliphatic imine (C=N–C) groups is 1. The number of benzene rings is 1. The van der Waals surface area contributed by atoms with E-state index in [4.69, 9.17) is 0 Å². The summed E-state index contributed by atoms with van der Waals surface area (Å²) >= 11 is 1.88. The summed E-state index contributed by atoms with van der Waals surface area (Å²) in [4.78, 5) is 23.2. The van der Waals surface area contributed by atoms with Crippen LogP contribution in [0.2, 0.25) is 0 Å². The van der Waals surface area contributed by atoms with Crippen LogP contribution in [0.15, 0.2) is 28.2 Å². The summed E-state index contributed by atoms with van der Waals surface area (Å²) in [5.41, 5.74) is 0.567. The highest BCUT2D eigenvalue weighted by Crippen LogP contribution is 2.30. The van der Waals surface area contributed by atoms with E-state index in [1.807, 2.05) is 23.9 Å². The smallest absolute Gasteiger partial charge is 0.280 e. The number of carbonyl (C=O) groups is 1. The minimum absolute atomic E-state index is 0.188. The predicted molar refractivity (Wildman–Crippen MR) is 96.7 cm³/mol. The molecule has 0 spiro atoms. The number of fused-ring (bicyclic) bond motifs is 1. The van der Waals surface area contributed by atoms with Gasteiger partial charge < -0.3 is 4.90 Å². The second-order valence-electron chi connectivity index (χ2n) is 6.46. The second kappa shape index (κ2) is 6.97. The number of amides is 1. The van der Waals surface area contributed by atoms with Gasteiger partial charge in [-0.3, -0.25) is 4.79 Å². The van der Waals surface area contributed by atoms with Crippen LogP contribution in [0.5, 0.6) is 0 Å². The first-order chi connectivity index (χ1) is 11.0. The number of hydrogen-bond donors (Lipinski definition) is 0. The lowest BCUT2D eigenvalue weighted by Gasteiger charge is -2.32. The number of carbonyl (C=O) groups excluding carboxylic acids is 1. The van der Waals surface area contributed by atoms with Gasteiger partial charge in [-0.25, -0.2) is 4.99 Å². The molecule has 5 heteroatoms. The molecule has 1 amide bonds. The molecule has 3 rings (SSSR count). The van der Waals surface area contributed by atoms with Crippen molar-refractivity contribution in [2.45, 2.75) is 37.0 Å². The molecule has 1 aromatic carbocycles. The maximum atomic E-state index is 12.1. The fourth-order valence-electron chi connectivity index (χ4n) is 3.21. The van der Waals surface area contributed by atoms with Gasteiger partial charge in [0.05, 0.1) is 16.7 Å². The molecule has 1 fully saturated rings. The van der Waals surface area contributed by atoms with Gasteiger partial charge >= 0.3 is 0 Å². The van der Waals surface area contributed by atoms with Crippen molar-refractivity contribution in [3.63, 3.8) is 0 Å². The van der Waals surface area contributed by atoms with E-state index in [9.17, 15) is 4.79 Å². The van der Waals surface area contributed by atoms with E-state index in [0.717, 1.165) is 5.22 Å². The van der Waals surface area contributed by atoms with Crippen molar-refractivity contribution in [2.24, 2.45) is 9.98 Å². The van der Waals surface area contributed by atoms with Crippen molar-refractivity contribution in [1.82, 2.24) is 4.90 Å². The predicted octanol–water partition coefficient (Wildman–Crippen LogP) is 1.87. The Hall–Kier alpha value is -1.46. The molecule has 0 unspecified atom stereocenters. The molecule has 23 heavy (non-hydrogen) atoms. The van der Waals surface area contributed by atoms with Crippen LogP contribution >= 0.6 is 11.8 Å². The summed E-state index contributed by atoms with van der Waals surface area (Å²) in [5, 5.41) is 2.13. The highest BCUT2D eigenvalue weighted by molar-refractivity contribution is 8.00. The zero-order valence-electron chi connectivity index (χ0n) is 13.8. The van der Waals surface area contributed by atoms with Crippen LogP contribution in [-0.4, -0.2) is 47.8 Å². The number of thioether (sulfide) groups is 1. The van der Waals surface area contributed by atoms with Crippen molar-refractivity contribution in [3.05, 3.63) is 34.3 Å². The van der Waals surface area contributed by atoms with Crippen LogP contribution in [0.3, 0.4) is 0 Å². The van der Waals surface area contributed by atoms with E-state index in [-0.39, 0.29) is 5.91 Å². The van der Waals surface area contributed by atoms with Gasteiger partial charge in [0.1, 0.15) is 5.84 Å². The van der Waals surface area contributed by atoms with Crippen molar-refractivity contribution >= 4 is 30.1 Å². The van der Waals surface area contributed by atoms with E-state index < -0.39 is 0 Å². The van der Waals surface area contributed by atoms with Crippen LogP contribution in [0, 0.1) is 0 Å². The van der Waals surface area contributed by atoms with Gasteiger partial charge in [0.25, 0.3) is 5.91 Å². The van der Waals surface area contributed by atoms with Crippen LogP contribution in [-0.2, 0) is 0 Å². The highest BCUT2D eigenvalue weighted by atomic mass is 32.2. The van der Waals surface area contributed by atoms with Gasteiger partial charge in [-0.15, -0.1) is 0 Å². The van der Waals surface area contributed by atoms with E-state index in [2.05, 4.69) is 35.6 Å². The summed E-state index contributed by atoms with van der Waals surface area (Å²) in [6.45, 7) is 3.97. The van der Waals surface area contributed by atoms with Crippen molar-refractivity contribution in [1.29, 1.82) is 0 Å². The Morgan fingerprint density at radius 2 is 1.96 bits per heavy atom. The minimum atomic E-state index is -0.188. The molecule has 2 aliphatic rings. The topological polar surface area (TPSA) is 45.0 Å².